The molecule has 0 aliphatic carbocycles. The van der Waals surface area contributed by atoms with Gasteiger partial charge in [0.1, 0.15) is 24.2 Å². The Morgan fingerprint density at radius 1 is 1.20 bits per heavy atom. The van der Waals surface area contributed by atoms with Crippen molar-refractivity contribution in [2.75, 3.05) is 13.0 Å². The molecule has 1 aliphatic heterocycles. The van der Waals surface area contributed by atoms with Crippen molar-refractivity contribution in [3.8, 4) is 5.75 Å². The smallest absolute Gasteiger partial charge is 0.342 e. The molecule has 4 N–H and O–H groups in total. The second-order valence-corrected chi connectivity index (χ2v) is 10.8. The number of esters is 1. The molecule has 0 saturated carbocycles. The van der Waals surface area contributed by atoms with Crippen molar-refractivity contribution in [2.24, 2.45) is 0 Å². The number of hydrogen-bond acceptors (Lipinski definition) is 9. The Labute approximate surface area is 206 Å². The third-order valence-corrected chi connectivity index (χ3v) is 6.83. The summed E-state index contributed by atoms with van der Waals surface area (Å²) in [7, 11) is -3.74. The molecule has 35 heavy (non-hydrogen) atoms. The average molecular weight is 517 g/mol. The van der Waals surface area contributed by atoms with Gasteiger partial charge < -0.3 is 34.3 Å². The van der Waals surface area contributed by atoms with Gasteiger partial charge in [-0.05, 0) is 39.3 Å². The number of rotatable bonds is 13. The molecule has 1 fully saturated rings. The summed E-state index contributed by atoms with van der Waals surface area (Å²) in [5, 5.41) is 25.9. The van der Waals surface area contributed by atoms with Crippen LogP contribution < -0.4 is 14.9 Å². The molecule has 0 spiro atoms. The fourth-order valence-corrected chi connectivity index (χ4v) is 5.11. The zero-order chi connectivity index (χ0) is 26.0. The van der Waals surface area contributed by atoms with Gasteiger partial charge in [-0.25, -0.2) is 5.09 Å². The monoisotopic (exact) mass is 516 g/mol. The van der Waals surface area contributed by atoms with Gasteiger partial charge in [-0.15, -0.1) is 0 Å². The van der Waals surface area contributed by atoms with E-state index in [9.17, 15) is 24.4 Å². The van der Waals surface area contributed by atoms with Crippen LogP contribution >= 0.6 is 7.52 Å². The molecule has 12 heteroatoms. The number of aliphatic hydroxyl groups excluding tert-OH is 2. The van der Waals surface area contributed by atoms with Crippen LogP contribution in [0.4, 0.5) is 0 Å². The lowest BCUT2D eigenvalue weighted by atomic mass is 10.00. The lowest BCUT2D eigenvalue weighted by Crippen LogP contribution is -2.57. The van der Waals surface area contributed by atoms with E-state index in [2.05, 4.69) is 10.4 Å². The Morgan fingerprint density at radius 2 is 1.89 bits per heavy atom. The SMILES string of the molecule is CCCC(=O)N[C@H]1C(O)O[C@H](COCP(=O)(N[C@@H](C)C(=O)OC(C)C)Oc2ccccc2)C[C@@H]1O. The molecular formula is C23H37N2O9P. The minimum Gasteiger partial charge on any atom is -0.462 e. The lowest BCUT2D eigenvalue weighted by molar-refractivity contribution is -0.217. The minimum absolute atomic E-state index is 0.0858. The van der Waals surface area contributed by atoms with Gasteiger partial charge in [-0.1, -0.05) is 25.1 Å². The number of carbonyl (C=O) groups is 2. The highest BCUT2D eigenvalue weighted by molar-refractivity contribution is 7.57. The zero-order valence-electron chi connectivity index (χ0n) is 20.6. The summed E-state index contributed by atoms with van der Waals surface area (Å²) >= 11 is 0. The topological polar surface area (TPSA) is 153 Å². The van der Waals surface area contributed by atoms with Crippen LogP contribution in [-0.4, -0.2) is 71.7 Å². The largest absolute Gasteiger partial charge is 0.462 e. The molecule has 198 valence electrons. The van der Waals surface area contributed by atoms with Crippen molar-refractivity contribution in [3.63, 3.8) is 0 Å². The second kappa shape index (κ2) is 13.9. The van der Waals surface area contributed by atoms with Crippen molar-refractivity contribution in [2.45, 2.75) is 83.6 Å². The number of carbonyl (C=O) groups excluding carboxylic acids is 2. The highest BCUT2D eigenvalue weighted by atomic mass is 31.2. The van der Waals surface area contributed by atoms with Crippen LogP contribution in [0.3, 0.4) is 0 Å². The van der Waals surface area contributed by atoms with Gasteiger partial charge in [0, 0.05) is 12.8 Å². The highest BCUT2D eigenvalue weighted by Gasteiger charge is 2.38. The normalized spacial score (nSPS) is 24.9. The standard InChI is InChI=1S/C23H37N2O9P/c1-5-9-20(27)24-21-19(26)12-18(33-23(21)29)13-31-14-35(30,34-17-10-7-6-8-11-17)25-16(4)22(28)32-15(2)3/h6-8,10-11,15-16,18-19,21,23,26,29H,5,9,12-14H2,1-4H3,(H,24,27)(H,25,30)/t16-,18-,19-,21+,23?,35?/m0/s1. The molecule has 2 rings (SSSR count). The molecule has 1 aromatic rings. The predicted octanol–water partition coefficient (Wildman–Crippen LogP) is 1.92. The predicted molar refractivity (Wildman–Crippen MR) is 128 cm³/mol. The van der Waals surface area contributed by atoms with Crippen molar-refractivity contribution in [3.05, 3.63) is 30.3 Å². The fraction of sp³-hybridized carbons (Fsp3) is 0.652. The zero-order valence-corrected chi connectivity index (χ0v) is 21.5. The summed E-state index contributed by atoms with van der Waals surface area (Å²) < 4.78 is 35.4. The van der Waals surface area contributed by atoms with E-state index in [0.29, 0.717) is 12.2 Å². The average Bonchev–Trinajstić information content (AvgIpc) is 2.76. The number of ether oxygens (including phenoxy) is 3. The molecule has 11 nitrogen and oxygen atoms in total. The summed E-state index contributed by atoms with van der Waals surface area (Å²) in [6, 6.07) is 6.56. The molecule has 0 radical (unpaired) electrons. The van der Waals surface area contributed by atoms with Crippen LogP contribution in [0, 0.1) is 0 Å². The first-order chi connectivity index (χ1) is 16.5. The van der Waals surface area contributed by atoms with E-state index in [1.54, 1.807) is 44.2 Å². The van der Waals surface area contributed by atoms with Crippen molar-refractivity contribution in [1.29, 1.82) is 0 Å². The van der Waals surface area contributed by atoms with Crippen LogP contribution in [0.15, 0.2) is 30.3 Å². The number of para-hydroxylation sites is 1. The van der Waals surface area contributed by atoms with E-state index in [1.807, 2.05) is 6.92 Å². The summed E-state index contributed by atoms with van der Waals surface area (Å²) in [5.41, 5.74) is 0. The minimum atomic E-state index is -3.74. The van der Waals surface area contributed by atoms with Gasteiger partial charge >= 0.3 is 13.5 Å². The molecule has 1 amide bonds. The Balaban J connectivity index is 1.97. The Kier molecular flexibility index (Phi) is 11.6. The van der Waals surface area contributed by atoms with Crippen molar-refractivity contribution in [1.82, 2.24) is 10.4 Å². The molecule has 1 aliphatic rings. The Hall–Kier alpha value is -2.01. The van der Waals surface area contributed by atoms with Crippen LogP contribution in [0.1, 0.15) is 47.0 Å². The van der Waals surface area contributed by atoms with Crippen molar-refractivity contribution >= 4 is 19.4 Å². The maximum absolute atomic E-state index is 13.5. The molecule has 1 aromatic carbocycles. The number of nitrogens with one attached hydrogen (secondary N) is 2. The van der Waals surface area contributed by atoms with Gasteiger partial charge in [0.05, 0.1) is 24.9 Å². The third kappa shape index (κ3) is 9.87. The van der Waals surface area contributed by atoms with Crippen LogP contribution in [0.2, 0.25) is 0 Å². The molecule has 0 aromatic heterocycles. The molecule has 6 atom stereocenters. The first kappa shape index (κ1) is 29.2. The van der Waals surface area contributed by atoms with Crippen LogP contribution in [0.5, 0.6) is 5.75 Å². The summed E-state index contributed by atoms with van der Waals surface area (Å²) in [6.45, 7) is 6.66. The summed E-state index contributed by atoms with van der Waals surface area (Å²) in [6.07, 6.45) is -2.95. The second-order valence-electron chi connectivity index (χ2n) is 8.71. The number of benzene rings is 1. The van der Waals surface area contributed by atoms with Gasteiger partial charge in [0.15, 0.2) is 6.29 Å². The maximum atomic E-state index is 13.5. The van der Waals surface area contributed by atoms with Crippen LogP contribution in [0.25, 0.3) is 0 Å². The quantitative estimate of drug-likeness (QED) is 0.226. The van der Waals surface area contributed by atoms with E-state index in [-0.39, 0.29) is 31.5 Å². The number of aliphatic hydroxyl groups is 2. The molecule has 1 heterocycles. The number of amides is 1. The Bertz CT molecular complexity index is 843. The van der Waals surface area contributed by atoms with Gasteiger partial charge in [0.2, 0.25) is 5.91 Å². The van der Waals surface area contributed by atoms with Gasteiger partial charge in [0.25, 0.3) is 0 Å². The van der Waals surface area contributed by atoms with E-state index < -0.39 is 50.4 Å². The molecule has 1 saturated heterocycles. The summed E-state index contributed by atoms with van der Waals surface area (Å²) in [4.78, 5) is 24.0. The maximum Gasteiger partial charge on any atom is 0.342 e. The highest BCUT2D eigenvalue weighted by Crippen LogP contribution is 2.43. The third-order valence-electron chi connectivity index (χ3n) is 5.02. The first-order valence-corrected chi connectivity index (χ1v) is 13.5. The van der Waals surface area contributed by atoms with Crippen LogP contribution in [-0.2, 0) is 28.4 Å². The fourth-order valence-electron chi connectivity index (χ4n) is 3.43. The molecule has 0 bridgehead atoms. The lowest BCUT2D eigenvalue weighted by Gasteiger charge is -2.37. The van der Waals surface area contributed by atoms with Crippen molar-refractivity contribution < 1.29 is 43.1 Å². The van der Waals surface area contributed by atoms with E-state index in [4.69, 9.17) is 18.7 Å². The molecular weight excluding hydrogens is 479 g/mol. The number of hydrogen-bond donors (Lipinski definition) is 4. The van der Waals surface area contributed by atoms with Gasteiger partial charge in [-0.3, -0.25) is 14.2 Å². The first-order valence-electron chi connectivity index (χ1n) is 11.7. The van der Waals surface area contributed by atoms with E-state index in [1.165, 1.54) is 6.92 Å². The summed E-state index contributed by atoms with van der Waals surface area (Å²) in [5.74, 6) is -0.555. The molecule has 2 unspecified atom stereocenters. The van der Waals surface area contributed by atoms with E-state index >= 15 is 0 Å². The Morgan fingerprint density at radius 3 is 2.49 bits per heavy atom. The van der Waals surface area contributed by atoms with E-state index in [0.717, 1.165) is 0 Å². The van der Waals surface area contributed by atoms with Gasteiger partial charge in [-0.2, -0.15) is 0 Å².